The van der Waals surface area contributed by atoms with Gasteiger partial charge in [0.15, 0.2) is 5.82 Å². The third kappa shape index (κ3) is 2.92. The largest absolute Gasteiger partial charge is 0.390 e. The van der Waals surface area contributed by atoms with Crippen molar-refractivity contribution in [3.63, 3.8) is 0 Å². The number of nitrogens with two attached hydrogens (primary N) is 1. The fraction of sp³-hybridized carbons (Fsp3) is 0.667. The van der Waals surface area contributed by atoms with Crippen molar-refractivity contribution in [2.45, 2.75) is 38.3 Å². The summed E-state index contributed by atoms with van der Waals surface area (Å²) in [5, 5.41) is 18.2. The minimum atomic E-state index is -0.556. The SMILES string of the molecule is CC1(O)CCCN(c2nnccc2CN)CC1. The lowest BCUT2D eigenvalue weighted by molar-refractivity contribution is 0.0481. The van der Waals surface area contributed by atoms with E-state index in [1.807, 2.05) is 13.0 Å². The first-order chi connectivity index (χ1) is 8.12. The molecule has 2 heterocycles. The van der Waals surface area contributed by atoms with Gasteiger partial charge in [0.2, 0.25) is 0 Å². The molecule has 2 rings (SSSR count). The van der Waals surface area contributed by atoms with Gasteiger partial charge in [-0.15, -0.1) is 5.10 Å². The monoisotopic (exact) mass is 236 g/mol. The highest BCUT2D eigenvalue weighted by Crippen LogP contribution is 2.25. The molecule has 1 aromatic rings. The Morgan fingerprint density at radius 2 is 2.29 bits per heavy atom. The first-order valence-corrected chi connectivity index (χ1v) is 6.10. The molecule has 94 valence electrons. The topological polar surface area (TPSA) is 75.3 Å². The van der Waals surface area contributed by atoms with E-state index in [1.165, 1.54) is 0 Å². The second-order valence-corrected chi connectivity index (χ2v) is 4.92. The molecule has 0 saturated carbocycles. The molecular formula is C12H20N4O. The summed E-state index contributed by atoms with van der Waals surface area (Å²) >= 11 is 0. The number of aliphatic hydroxyl groups is 1. The molecule has 17 heavy (non-hydrogen) atoms. The highest BCUT2D eigenvalue weighted by molar-refractivity contribution is 5.45. The van der Waals surface area contributed by atoms with Gasteiger partial charge in [0.1, 0.15) is 0 Å². The molecule has 1 atom stereocenters. The standard InChI is InChI=1S/C12H20N4O/c1-12(17)4-2-7-16(8-5-12)11-10(9-13)3-6-14-15-11/h3,6,17H,2,4-5,7-9,13H2,1H3. The van der Waals surface area contributed by atoms with E-state index in [1.54, 1.807) is 6.20 Å². The minimum Gasteiger partial charge on any atom is -0.390 e. The van der Waals surface area contributed by atoms with Crippen molar-refractivity contribution in [3.8, 4) is 0 Å². The van der Waals surface area contributed by atoms with E-state index in [9.17, 15) is 5.11 Å². The van der Waals surface area contributed by atoms with Crippen LogP contribution in [0, 0.1) is 0 Å². The van der Waals surface area contributed by atoms with Gasteiger partial charge < -0.3 is 15.7 Å². The highest BCUT2D eigenvalue weighted by atomic mass is 16.3. The number of nitrogens with zero attached hydrogens (tertiary/aromatic N) is 3. The van der Waals surface area contributed by atoms with Gasteiger partial charge in [-0.1, -0.05) is 0 Å². The van der Waals surface area contributed by atoms with Crippen LogP contribution in [0.4, 0.5) is 5.82 Å². The molecule has 1 aromatic heterocycles. The quantitative estimate of drug-likeness (QED) is 0.789. The van der Waals surface area contributed by atoms with E-state index in [0.717, 1.165) is 43.7 Å². The normalized spacial score (nSPS) is 25.7. The Balaban J connectivity index is 2.17. The molecule has 1 unspecified atom stereocenters. The second-order valence-electron chi connectivity index (χ2n) is 4.92. The molecule has 0 aromatic carbocycles. The molecular weight excluding hydrogens is 216 g/mol. The van der Waals surface area contributed by atoms with Gasteiger partial charge in [0.05, 0.1) is 11.8 Å². The third-order valence-corrected chi connectivity index (χ3v) is 3.37. The van der Waals surface area contributed by atoms with Crippen LogP contribution in [-0.2, 0) is 6.54 Å². The van der Waals surface area contributed by atoms with Gasteiger partial charge in [-0.05, 0) is 32.3 Å². The summed E-state index contributed by atoms with van der Waals surface area (Å²) in [5.74, 6) is 0.868. The van der Waals surface area contributed by atoms with Crippen molar-refractivity contribution in [1.82, 2.24) is 10.2 Å². The Kier molecular flexibility index (Phi) is 3.59. The molecule has 5 heteroatoms. The van der Waals surface area contributed by atoms with Crippen LogP contribution in [0.3, 0.4) is 0 Å². The zero-order chi connectivity index (χ0) is 12.3. The van der Waals surface area contributed by atoms with Crippen molar-refractivity contribution in [1.29, 1.82) is 0 Å². The maximum atomic E-state index is 10.1. The van der Waals surface area contributed by atoms with Crippen LogP contribution in [0.2, 0.25) is 0 Å². The first-order valence-electron chi connectivity index (χ1n) is 6.10. The lowest BCUT2D eigenvalue weighted by atomic mass is 9.98. The van der Waals surface area contributed by atoms with E-state index >= 15 is 0 Å². The fourth-order valence-electron chi connectivity index (χ4n) is 2.25. The van der Waals surface area contributed by atoms with Crippen LogP contribution in [0.5, 0.6) is 0 Å². The molecule has 0 spiro atoms. The molecule has 0 radical (unpaired) electrons. The highest BCUT2D eigenvalue weighted by Gasteiger charge is 2.26. The summed E-state index contributed by atoms with van der Waals surface area (Å²) in [6, 6.07) is 1.91. The summed E-state index contributed by atoms with van der Waals surface area (Å²) in [4.78, 5) is 2.18. The van der Waals surface area contributed by atoms with Crippen molar-refractivity contribution in [3.05, 3.63) is 17.8 Å². The van der Waals surface area contributed by atoms with Crippen molar-refractivity contribution in [2.24, 2.45) is 5.73 Å². The van der Waals surface area contributed by atoms with Crippen molar-refractivity contribution >= 4 is 5.82 Å². The lowest BCUT2D eigenvalue weighted by Gasteiger charge is -2.24. The van der Waals surface area contributed by atoms with E-state index in [0.29, 0.717) is 6.54 Å². The molecule has 1 aliphatic heterocycles. The molecule has 5 nitrogen and oxygen atoms in total. The zero-order valence-electron chi connectivity index (χ0n) is 10.3. The zero-order valence-corrected chi connectivity index (χ0v) is 10.3. The lowest BCUT2D eigenvalue weighted by Crippen LogP contribution is -2.30. The average Bonchev–Trinajstić information content (AvgIpc) is 2.50. The van der Waals surface area contributed by atoms with Crippen LogP contribution >= 0.6 is 0 Å². The molecule has 0 bridgehead atoms. The van der Waals surface area contributed by atoms with E-state index < -0.39 is 5.60 Å². The predicted octanol–water partition coefficient (Wildman–Crippen LogP) is 0.677. The van der Waals surface area contributed by atoms with Crippen LogP contribution in [0.15, 0.2) is 12.3 Å². The molecule has 3 N–H and O–H groups in total. The molecule has 1 saturated heterocycles. The van der Waals surface area contributed by atoms with E-state index in [4.69, 9.17) is 5.73 Å². The van der Waals surface area contributed by atoms with Crippen LogP contribution < -0.4 is 10.6 Å². The van der Waals surface area contributed by atoms with E-state index in [2.05, 4.69) is 15.1 Å². The maximum Gasteiger partial charge on any atom is 0.155 e. The van der Waals surface area contributed by atoms with Crippen LogP contribution in [-0.4, -0.2) is 34.0 Å². The summed E-state index contributed by atoms with van der Waals surface area (Å²) < 4.78 is 0. The summed E-state index contributed by atoms with van der Waals surface area (Å²) in [7, 11) is 0. The van der Waals surface area contributed by atoms with Gasteiger partial charge in [-0.2, -0.15) is 5.10 Å². The molecule has 0 amide bonds. The summed E-state index contributed by atoms with van der Waals surface area (Å²) in [6.45, 7) is 4.08. The smallest absolute Gasteiger partial charge is 0.155 e. The van der Waals surface area contributed by atoms with Gasteiger partial charge in [0.25, 0.3) is 0 Å². The van der Waals surface area contributed by atoms with Gasteiger partial charge in [-0.25, -0.2) is 0 Å². The van der Waals surface area contributed by atoms with Gasteiger partial charge in [-0.3, -0.25) is 0 Å². The molecule has 1 fully saturated rings. The number of aromatic nitrogens is 2. The van der Waals surface area contributed by atoms with Crippen molar-refractivity contribution < 1.29 is 5.11 Å². The van der Waals surface area contributed by atoms with Crippen LogP contribution in [0.25, 0.3) is 0 Å². The number of hydrogen-bond acceptors (Lipinski definition) is 5. The van der Waals surface area contributed by atoms with Crippen LogP contribution in [0.1, 0.15) is 31.7 Å². The average molecular weight is 236 g/mol. The van der Waals surface area contributed by atoms with E-state index in [-0.39, 0.29) is 0 Å². The Labute approximate surface area is 102 Å². The summed E-state index contributed by atoms with van der Waals surface area (Å²) in [6.07, 6.45) is 4.22. The maximum absolute atomic E-state index is 10.1. The number of rotatable bonds is 2. The van der Waals surface area contributed by atoms with Gasteiger partial charge >= 0.3 is 0 Å². The molecule has 1 aliphatic rings. The van der Waals surface area contributed by atoms with Gasteiger partial charge in [0, 0.05) is 25.2 Å². The third-order valence-electron chi connectivity index (χ3n) is 3.37. The fourth-order valence-corrected chi connectivity index (χ4v) is 2.25. The Hall–Kier alpha value is -1.20. The first kappa shape index (κ1) is 12.3. The Morgan fingerprint density at radius 3 is 3.06 bits per heavy atom. The summed E-state index contributed by atoms with van der Waals surface area (Å²) in [5.41, 5.74) is 6.17. The number of anilines is 1. The minimum absolute atomic E-state index is 0.470. The second kappa shape index (κ2) is 4.98. The number of hydrogen-bond donors (Lipinski definition) is 2. The predicted molar refractivity (Wildman–Crippen MR) is 66.6 cm³/mol. The Bertz CT molecular complexity index is 381. The molecule has 0 aliphatic carbocycles. The van der Waals surface area contributed by atoms with Crippen molar-refractivity contribution in [2.75, 3.05) is 18.0 Å². The Morgan fingerprint density at radius 1 is 1.47 bits per heavy atom.